The highest BCUT2D eigenvalue weighted by Gasteiger charge is 2.16. The van der Waals surface area contributed by atoms with Crippen molar-refractivity contribution in [1.82, 2.24) is 0 Å². The molecule has 5 heteroatoms. The lowest BCUT2D eigenvalue weighted by Crippen LogP contribution is -2.03. The Morgan fingerprint density at radius 1 is 1.21 bits per heavy atom. The van der Waals surface area contributed by atoms with E-state index in [1.165, 1.54) is 25.6 Å². The van der Waals surface area contributed by atoms with Gasteiger partial charge in [-0.3, -0.25) is 4.79 Å². The van der Waals surface area contributed by atoms with Gasteiger partial charge in [-0.05, 0) is 30.3 Å². The van der Waals surface area contributed by atoms with E-state index >= 15 is 0 Å². The van der Waals surface area contributed by atoms with Gasteiger partial charge in [-0.25, -0.2) is 4.79 Å². The van der Waals surface area contributed by atoms with E-state index in [1.807, 2.05) is 6.07 Å². The quantitative estimate of drug-likeness (QED) is 0.636. The highest BCUT2D eigenvalue weighted by atomic mass is 32.1. The maximum Gasteiger partial charge on any atom is 0.338 e. The molecule has 2 aromatic rings. The van der Waals surface area contributed by atoms with E-state index in [2.05, 4.69) is 0 Å². The molecular weight excluding hydrogens is 264 g/mol. The van der Waals surface area contributed by atoms with Gasteiger partial charge in [-0.1, -0.05) is 0 Å². The van der Waals surface area contributed by atoms with Gasteiger partial charge >= 0.3 is 5.97 Å². The Kier molecular flexibility index (Phi) is 3.97. The third-order valence-electron chi connectivity index (χ3n) is 2.64. The average Bonchev–Trinajstić information content (AvgIpc) is 2.94. The van der Waals surface area contributed by atoms with Crippen LogP contribution in [0.25, 0.3) is 10.4 Å². The largest absolute Gasteiger partial charge is 0.497 e. The van der Waals surface area contributed by atoms with Gasteiger partial charge < -0.3 is 9.47 Å². The van der Waals surface area contributed by atoms with Crippen molar-refractivity contribution in [3.63, 3.8) is 0 Å². The van der Waals surface area contributed by atoms with Gasteiger partial charge in [0.1, 0.15) is 5.75 Å². The fourth-order valence-corrected chi connectivity index (χ4v) is 2.57. The van der Waals surface area contributed by atoms with Crippen LogP contribution in [0.3, 0.4) is 0 Å². The zero-order chi connectivity index (χ0) is 13.8. The molecule has 1 aromatic carbocycles. The Hall–Kier alpha value is -2.14. The highest BCUT2D eigenvalue weighted by molar-refractivity contribution is 7.17. The highest BCUT2D eigenvalue weighted by Crippen LogP contribution is 2.32. The maximum absolute atomic E-state index is 11.8. The summed E-state index contributed by atoms with van der Waals surface area (Å²) in [6.45, 7) is 0. The monoisotopic (exact) mass is 276 g/mol. The topological polar surface area (TPSA) is 52.6 Å². The minimum absolute atomic E-state index is 0.418. The number of hydrogen-bond acceptors (Lipinski definition) is 5. The van der Waals surface area contributed by atoms with Crippen molar-refractivity contribution in [3.05, 3.63) is 40.8 Å². The summed E-state index contributed by atoms with van der Waals surface area (Å²) in [7, 11) is 2.86. The molecule has 0 radical (unpaired) electrons. The van der Waals surface area contributed by atoms with Crippen LogP contribution in [0.5, 0.6) is 5.75 Å². The lowest BCUT2D eigenvalue weighted by molar-refractivity contribution is 0.0601. The summed E-state index contributed by atoms with van der Waals surface area (Å²) in [5.74, 6) is 0.145. The third-order valence-corrected chi connectivity index (χ3v) is 3.68. The molecule has 1 heterocycles. The van der Waals surface area contributed by atoms with E-state index in [0.717, 1.165) is 16.7 Å². The molecule has 1 aromatic heterocycles. The van der Waals surface area contributed by atoms with Crippen molar-refractivity contribution < 1.29 is 19.1 Å². The Morgan fingerprint density at radius 2 is 2.00 bits per heavy atom. The number of carbonyl (C=O) groups excluding carboxylic acids is 2. The lowest BCUT2D eigenvalue weighted by atomic mass is 10.1. The van der Waals surface area contributed by atoms with Crippen LogP contribution < -0.4 is 4.74 Å². The van der Waals surface area contributed by atoms with E-state index in [0.29, 0.717) is 16.2 Å². The fourth-order valence-electron chi connectivity index (χ4n) is 1.70. The molecule has 0 saturated heterocycles. The van der Waals surface area contributed by atoms with Crippen molar-refractivity contribution in [2.75, 3.05) is 14.2 Å². The first-order valence-corrected chi connectivity index (χ1v) is 6.33. The molecule has 0 atom stereocenters. The number of benzene rings is 1. The minimum Gasteiger partial charge on any atom is -0.497 e. The van der Waals surface area contributed by atoms with Crippen molar-refractivity contribution in [1.29, 1.82) is 0 Å². The average molecular weight is 276 g/mol. The van der Waals surface area contributed by atoms with Crippen LogP contribution in [0.4, 0.5) is 0 Å². The molecule has 0 aliphatic carbocycles. The Labute approximate surface area is 114 Å². The molecule has 0 saturated carbocycles. The molecule has 0 N–H and O–H groups in total. The first kappa shape index (κ1) is 13.3. The number of hydrogen-bond donors (Lipinski definition) is 0. The van der Waals surface area contributed by atoms with E-state index in [1.54, 1.807) is 24.3 Å². The van der Waals surface area contributed by atoms with E-state index < -0.39 is 5.97 Å². The second-order valence-electron chi connectivity index (χ2n) is 3.72. The van der Waals surface area contributed by atoms with Gasteiger partial charge in [-0.2, -0.15) is 0 Å². The summed E-state index contributed by atoms with van der Waals surface area (Å²) < 4.78 is 9.88. The number of esters is 1. The van der Waals surface area contributed by atoms with Crippen LogP contribution in [0, 0.1) is 0 Å². The number of ether oxygens (including phenoxy) is 2. The number of aldehydes is 1. The first-order valence-electron chi connectivity index (χ1n) is 5.51. The molecule has 0 aliphatic rings. The Morgan fingerprint density at radius 3 is 2.58 bits per heavy atom. The predicted octanol–water partition coefficient (Wildman–Crippen LogP) is 3.02. The predicted molar refractivity (Wildman–Crippen MR) is 73.0 cm³/mol. The van der Waals surface area contributed by atoms with Gasteiger partial charge in [0, 0.05) is 10.4 Å². The molecule has 19 heavy (non-hydrogen) atoms. The lowest BCUT2D eigenvalue weighted by Gasteiger charge is -2.08. The second kappa shape index (κ2) is 5.67. The van der Waals surface area contributed by atoms with Crippen molar-refractivity contribution in [2.24, 2.45) is 0 Å². The van der Waals surface area contributed by atoms with Gasteiger partial charge in [0.15, 0.2) is 6.29 Å². The van der Waals surface area contributed by atoms with E-state index in [9.17, 15) is 9.59 Å². The SMILES string of the molecule is COC(=O)c1cc(OC)ccc1-c1ccc(C=O)s1. The maximum atomic E-state index is 11.8. The fraction of sp³-hybridized carbons (Fsp3) is 0.143. The van der Waals surface area contributed by atoms with Gasteiger partial charge in [0.2, 0.25) is 0 Å². The second-order valence-corrected chi connectivity index (χ2v) is 4.84. The van der Waals surface area contributed by atoms with Crippen molar-refractivity contribution in [2.45, 2.75) is 0 Å². The van der Waals surface area contributed by atoms with Crippen LogP contribution in [0.15, 0.2) is 30.3 Å². The first-order chi connectivity index (χ1) is 9.19. The van der Waals surface area contributed by atoms with Crippen molar-refractivity contribution >= 4 is 23.6 Å². The Bertz CT molecular complexity index is 616. The molecule has 0 fully saturated rings. The molecule has 4 nitrogen and oxygen atoms in total. The third kappa shape index (κ3) is 2.66. The number of thiophene rings is 1. The standard InChI is InChI=1S/C14H12O4S/c1-17-9-3-5-11(12(7-9)14(16)18-2)13-6-4-10(8-15)19-13/h3-8H,1-2H3. The molecule has 0 spiro atoms. The van der Waals surface area contributed by atoms with Gasteiger partial charge in [-0.15, -0.1) is 11.3 Å². The molecule has 0 bridgehead atoms. The summed E-state index contributed by atoms with van der Waals surface area (Å²) in [6, 6.07) is 8.70. The molecular formula is C14H12O4S. The smallest absolute Gasteiger partial charge is 0.338 e. The normalized spacial score (nSPS) is 10.0. The summed E-state index contributed by atoms with van der Waals surface area (Å²) in [5.41, 5.74) is 1.15. The van der Waals surface area contributed by atoms with Crippen LogP contribution in [-0.2, 0) is 4.74 Å². The van der Waals surface area contributed by atoms with Crippen LogP contribution >= 0.6 is 11.3 Å². The van der Waals surface area contributed by atoms with Crippen LogP contribution in [-0.4, -0.2) is 26.5 Å². The molecule has 98 valence electrons. The van der Waals surface area contributed by atoms with Crippen molar-refractivity contribution in [3.8, 4) is 16.2 Å². The number of methoxy groups -OCH3 is 2. The van der Waals surface area contributed by atoms with Gasteiger partial charge in [0.25, 0.3) is 0 Å². The molecule has 0 unspecified atom stereocenters. The van der Waals surface area contributed by atoms with E-state index in [4.69, 9.17) is 9.47 Å². The summed E-state index contributed by atoms with van der Waals surface area (Å²) in [6.07, 6.45) is 0.787. The van der Waals surface area contributed by atoms with Crippen LogP contribution in [0.1, 0.15) is 20.0 Å². The zero-order valence-electron chi connectivity index (χ0n) is 10.5. The summed E-state index contributed by atoms with van der Waals surface area (Å²) >= 11 is 1.32. The molecule has 0 amide bonds. The zero-order valence-corrected chi connectivity index (χ0v) is 11.3. The molecule has 2 rings (SSSR count). The summed E-state index contributed by atoms with van der Waals surface area (Å²) in [5, 5.41) is 0. The molecule has 0 aliphatic heterocycles. The number of carbonyl (C=O) groups is 2. The summed E-state index contributed by atoms with van der Waals surface area (Å²) in [4.78, 5) is 24.0. The minimum atomic E-state index is -0.435. The van der Waals surface area contributed by atoms with Gasteiger partial charge in [0.05, 0.1) is 24.7 Å². The van der Waals surface area contributed by atoms with Crippen LogP contribution in [0.2, 0.25) is 0 Å². The van der Waals surface area contributed by atoms with E-state index in [-0.39, 0.29) is 0 Å². The number of rotatable bonds is 4. The Balaban J connectivity index is 2.55.